The Bertz CT molecular complexity index is 1160. The second kappa shape index (κ2) is 6.85. The number of amides is 3. The molecular weight excluding hydrogens is 364 g/mol. The minimum absolute atomic E-state index is 0.256. The van der Waals surface area contributed by atoms with Crippen LogP contribution in [0.1, 0.15) is 34.0 Å². The van der Waals surface area contributed by atoms with E-state index in [-0.39, 0.29) is 12.3 Å². The van der Waals surface area contributed by atoms with Crippen molar-refractivity contribution in [1.82, 2.24) is 10.2 Å². The predicted molar refractivity (Wildman–Crippen MR) is 112 cm³/mol. The molecule has 1 N–H and O–H groups in total. The molecule has 5 nitrogen and oxygen atoms in total. The molecule has 1 fully saturated rings. The zero-order chi connectivity index (χ0) is 20.8. The van der Waals surface area contributed by atoms with Gasteiger partial charge in [0.2, 0.25) is 0 Å². The van der Waals surface area contributed by atoms with Crippen molar-refractivity contribution in [2.75, 3.05) is 6.54 Å². The SMILES string of the molecule is Cc1ccc(C(=O)CN2C(=O)N[C@@](C)(c3cccc4ccccc34)C2=O)c(C)c1. The zero-order valence-electron chi connectivity index (χ0n) is 16.7. The Balaban J connectivity index is 1.67. The van der Waals surface area contributed by atoms with Crippen LogP contribution >= 0.6 is 0 Å². The lowest BCUT2D eigenvalue weighted by atomic mass is 9.87. The van der Waals surface area contributed by atoms with Crippen molar-refractivity contribution < 1.29 is 14.4 Å². The molecule has 5 heteroatoms. The number of ketones is 1. The molecule has 0 saturated carbocycles. The second-order valence-corrected chi connectivity index (χ2v) is 7.71. The van der Waals surface area contributed by atoms with Crippen LogP contribution in [0.2, 0.25) is 0 Å². The largest absolute Gasteiger partial charge is 0.325 e. The monoisotopic (exact) mass is 386 g/mol. The Morgan fingerprint density at radius 2 is 1.72 bits per heavy atom. The number of Topliss-reactive ketones (excluding diaryl/α,β-unsaturated/α-hetero) is 1. The number of carbonyl (C=O) groups excluding carboxylic acids is 3. The van der Waals surface area contributed by atoms with Crippen molar-refractivity contribution in [3.8, 4) is 0 Å². The van der Waals surface area contributed by atoms with E-state index < -0.39 is 17.5 Å². The van der Waals surface area contributed by atoms with Gasteiger partial charge in [0.1, 0.15) is 5.54 Å². The molecule has 146 valence electrons. The number of hydrogen-bond acceptors (Lipinski definition) is 3. The molecule has 29 heavy (non-hydrogen) atoms. The lowest BCUT2D eigenvalue weighted by Crippen LogP contribution is -2.41. The first-order valence-corrected chi connectivity index (χ1v) is 9.54. The summed E-state index contributed by atoms with van der Waals surface area (Å²) in [5.41, 5.74) is 1.91. The molecule has 0 unspecified atom stereocenters. The number of aryl methyl sites for hydroxylation is 2. The molecule has 1 aliphatic rings. The van der Waals surface area contributed by atoms with Crippen molar-refractivity contribution in [3.05, 3.63) is 82.9 Å². The molecule has 0 aromatic heterocycles. The van der Waals surface area contributed by atoms with E-state index >= 15 is 0 Å². The van der Waals surface area contributed by atoms with Crippen LogP contribution in [-0.4, -0.2) is 29.2 Å². The van der Waals surface area contributed by atoms with Crippen LogP contribution in [0.5, 0.6) is 0 Å². The average Bonchev–Trinajstić information content (AvgIpc) is 2.91. The van der Waals surface area contributed by atoms with Crippen LogP contribution < -0.4 is 5.32 Å². The standard InChI is InChI=1S/C24H22N2O3/c1-15-11-12-18(16(2)13-15)21(27)14-26-22(28)24(3,25-23(26)29)20-10-6-8-17-7-4-5-9-19(17)20/h4-13H,14H2,1-3H3,(H,25,29)/t24-/m0/s1. The van der Waals surface area contributed by atoms with Crippen LogP contribution in [0.25, 0.3) is 10.8 Å². The van der Waals surface area contributed by atoms with Crippen LogP contribution in [-0.2, 0) is 10.3 Å². The molecule has 1 atom stereocenters. The maximum atomic E-state index is 13.3. The molecule has 0 radical (unpaired) electrons. The summed E-state index contributed by atoms with van der Waals surface area (Å²) in [5.74, 6) is -0.676. The third kappa shape index (κ3) is 3.09. The van der Waals surface area contributed by atoms with Crippen molar-refractivity contribution >= 4 is 28.5 Å². The fourth-order valence-corrected chi connectivity index (χ4v) is 4.04. The van der Waals surface area contributed by atoms with E-state index in [1.165, 1.54) is 0 Å². The first-order valence-electron chi connectivity index (χ1n) is 9.54. The fourth-order valence-electron chi connectivity index (χ4n) is 4.04. The van der Waals surface area contributed by atoms with Crippen molar-refractivity contribution in [2.24, 2.45) is 0 Å². The van der Waals surface area contributed by atoms with Gasteiger partial charge in [-0.15, -0.1) is 0 Å². The molecule has 1 heterocycles. The second-order valence-electron chi connectivity index (χ2n) is 7.71. The van der Waals surface area contributed by atoms with Crippen LogP contribution in [0.3, 0.4) is 0 Å². The van der Waals surface area contributed by atoms with Crippen LogP contribution in [0.15, 0.2) is 60.7 Å². The number of nitrogens with zero attached hydrogens (tertiary/aromatic N) is 1. The zero-order valence-corrected chi connectivity index (χ0v) is 16.7. The number of benzene rings is 3. The van der Waals surface area contributed by atoms with E-state index in [2.05, 4.69) is 5.32 Å². The highest BCUT2D eigenvalue weighted by atomic mass is 16.2. The van der Waals surface area contributed by atoms with Gasteiger partial charge in [-0.25, -0.2) is 4.79 Å². The highest BCUT2D eigenvalue weighted by Crippen LogP contribution is 2.34. The van der Waals surface area contributed by atoms with E-state index in [4.69, 9.17) is 0 Å². The normalized spacial score (nSPS) is 18.9. The van der Waals surface area contributed by atoms with Gasteiger partial charge >= 0.3 is 6.03 Å². The Kier molecular flexibility index (Phi) is 4.46. The van der Waals surface area contributed by atoms with Gasteiger partial charge in [-0.3, -0.25) is 14.5 Å². The number of urea groups is 1. The van der Waals surface area contributed by atoms with Crippen molar-refractivity contribution in [3.63, 3.8) is 0 Å². The predicted octanol–water partition coefficient (Wildman–Crippen LogP) is 4.11. The number of carbonyl (C=O) groups is 3. The molecule has 3 amide bonds. The third-order valence-electron chi connectivity index (χ3n) is 5.59. The first kappa shape index (κ1) is 18.9. The molecule has 3 aromatic carbocycles. The van der Waals surface area contributed by atoms with Gasteiger partial charge in [-0.05, 0) is 42.7 Å². The summed E-state index contributed by atoms with van der Waals surface area (Å²) in [5, 5.41) is 4.69. The molecule has 0 aliphatic carbocycles. The molecule has 1 aliphatic heterocycles. The lowest BCUT2D eigenvalue weighted by molar-refractivity contribution is -0.130. The van der Waals surface area contributed by atoms with Gasteiger partial charge in [-0.1, -0.05) is 66.2 Å². The van der Waals surface area contributed by atoms with E-state index in [0.29, 0.717) is 5.56 Å². The summed E-state index contributed by atoms with van der Waals surface area (Å²) in [7, 11) is 0. The Morgan fingerprint density at radius 3 is 2.48 bits per heavy atom. The first-order chi connectivity index (χ1) is 13.8. The molecule has 1 saturated heterocycles. The summed E-state index contributed by atoms with van der Waals surface area (Å²) >= 11 is 0. The van der Waals surface area contributed by atoms with Gasteiger partial charge in [0.15, 0.2) is 5.78 Å². The van der Waals surface area contributed by atoms with Crippen LogP contribution in [0.4, 0.5) is 4.79 Å². The molecule has 4 rings (SSSR count). The van der Waals surface area contributed by atoms with Gasteiger partial charge in [0.25, 0.3) is 5.91 Å². The number of imide groups is 1. The molecule has 3 aromatic rings. The summed E-state index contributed by atoms with van der Waals surface area (Å²) in [4.78, 5) is 39.8. The summed E-state index contributed by atoms with van der Waals surface area (Å²) < 4.78 is 0. The number of fused-ring (bicyclic) bond motifs is 1. The quantitative estimate of drug-likeness (QED) is 0.542. The summed E-state index contributed by atoms with van der Waals surface area (Å²) in [6, 6.07) is 18.4. The molecular formula is C24H22N2O3. The van der Waals surface area contributed by atoms with Gasteiger partial charge in [0, 0.05) is 5.56 Å². The van der Waals surface area contributed by atoms with E-state index in [1.54, 1.807) is 13.0 Å². The Hall–Kier alpha value is -3.47. The van der Waals surface area contributed by atoms with Crippen molar-refractivity contribution in [1.29, 1.82) is 0 Å². The Morgan fingerprint density at radius 1 is 1.00 bits per heavy atom. The van der Waals surface area contributed by atoms with Gasteiger partial charge in [0.05, 0.1) is 6.54 Å². The summed E-state index contributed by atoms with van der Waals surface area (Å²) in [6.07, 6.45) is 0. The van der Waals surface area contributed by atoms with Gasteiger partial charge in [-0.2, -0.15) is 0 Å². The topological polar surface area (TPSA) is 66.5 Å². The average molecular weight is 386 g/mol. The maximum Gasteiger partial charge on any atom is 0.325 e. The fraction of sp³-hybridized carbons (Fsp3) is 0.208. The number of hydrogen-bond donors (Lipinski definition) is 1. The van der Waals surface area contributed by atoms with E-state index in [0.717, 1.165) is 32.4 Å². The minimum atomic E-state index is -1.22. The van der Waals surface area contributed by atoms with Crippen LogP contribution in [0, 0.1) is 13.8 Å². The number of rotatable bonds is 4. The minimum Gasteiger partial charge on any atom is -0.319 e. The number of nitrogens with one attached hydrogen (secondary N) is 1. The van der Waals surface area contributed by atoms with E-state index in [1.807, 2.05) is 68.4 Å². The lowest BCUT2D eigenvalue weighted by Gasteiger charge is -2.24. The van der Waals surface area contributed by atoms with E-state index in [9.17, 15) is 14.4 Å². The van der Waals surface area contributed by atoms with Crippen molar-refractivity contribution in [2.45, 2.75) is 26.3 Å². The smallest absolute Gasteiger partial charge is 0.319 e. The van der Waals surface area contributed by atoms with Gasteiger partial charge < -0.3 is 5.32 Å². The maximum absolute atomic E-state index is 13.3. The third-order valence-corrected chi connectivity index (χ3v) is 5.59. The highest BCUT2D eigenvalue weighted by molar-refractivity contribution is 6.12. The Labute approximate surface area is 169 Å². The molecule has 0 spiro atoms. The highest BCUT2D eigenvalue weighted by Gasteiger charge is 2.50. The molecule has 0 bridgehead atoms. The summed E-state index contributed by atoms with van der Waals surface area (Å²) in [6.45, 7) is 5.21.